The van der Waals surface area contributed by atoms with E-state index in [1.807, 2.05) is 42.6 Å². The minimum Gasteiger partial charge on any atom is -0.256 e. The van der Waals surface area contributed by atoms with Gasteiger partial charge >= 0.3 is 0 Å². The zero-order valence-corrected chi connectivity index (χ0v) is 8.72. The maximum Gasteiger partial charge on any atom is 0.0629 e. The van der Waals surface area contributed by atoms with E-state index in [-0.39, 0.29) is 0 Å². The fourth-order valence-electron chi connectivity index (χ4n) is 1.41. The Kier molecular flexibility index (Phi) is 2.93. The number of nitrogens with zero attached hydrogens (tertiary/aromatic N) is 1. The lowest BCUT2D eigenvalue weighted by Crippen LogP contribution is -1.80. The minimum atomic E-state index is 0.985. The number of aliphatic imine (C=N–C) groups is 1. The van der Waals surface area contributed by atoms with Crippen LogP contribution in [0, 0.1) is 6.92 Å². The van der Waals surface area contributed by atoms with Crippen LogP contribution < -0.4 is 0 Å². The van der Waals surface area contributed by atoms with E-state index in [1.54, 1.807) is 0 Å². The molecule has 0 spiro atoms. The summed E-state index contributed by atoms with van der Waals surface area (Å²) in [6.07, 6.45) is 1.89. The van der Waals surface area contributed by atoms with Crippen molar-refractivity contribution in [1.82, 2.24) is 0 Å². The van der Waals surface area contributed by atoms with Crippen LogP contribution >= 0.6 is 0 Å². The topological polar surface area (TPSA) is 12.4 Å². The molecule has 0 aliphatic heterocycles. The molecule has 0 saturated heterocycles. The summed E-state index contributed by atoms with van der Waals surface area (Å²) in [6.45, 7) is 2.08. The van der Waals surface area contributed by atoms with Crippen molar-refractivity contribution in [3.63, 3.8) is 0 Å². The second-order valence-corrected chi connectivity index (χ2v) is 3.51. The van der Waals surface area contributed by atoms with Crippen LogP contribution in [-0.2, 0) is 0 Å². The molecule has 0 aliphatic rings. The normalized spacial score (nSPS) is 10.7. The van der Waals surface area contributed by atoms with Crippen LogP contribution in [-0.4, -0.2) is 6.21 Å². The molecule has 0 radical (unpaired) electrons. The van der Waals surface area contributed by atoms with Gasteiger partial charge in [-0.2, -0.15) is 0 Å². The summed E-state index contributed by atoms with van der Waals surface area (Å²) >= 11 is 0. The molecule has 1 nitrogen and oxygen atoms in total. The molecule has 2 aromatic carbocycles. The number of aryl methyl sites for hydroxylation is 1. The Balaban J connectivity index is 2.19. The Morgan fingerprint density at radius 1 is 0.933 bits per heavy atom. The van der Waals surface area contributed by atoms with Gasteiger partial charge in [-0.15, -0.1) is 0 Å². The first kappa shape index (κ1) is 9.66. The molecular formula is C14H13N. The second kappa shape index (κ2) is 4.56. The molecule has 0 fully saturated rings. The molecule has 0 atom stereocenters. The first-order valence-corrected chi connectivity index (χ1v) is 5.00. The van der Waals surface area contributed by atoms with Crippen LogP contribution in [0.25, 0.3) is 0 Å². The highest BCUT2D eigenvalue weighted by molar-refractivity contribution is 5.82. The van der Waals surface area contributed by atoms with Crippen LogP contribution in [0.1, 0.15) is 11.1 Å². The Labute approximate surface area is 90.1 Å². The number of hydrogen-bond donors (Lipinski definition) is 0. The predicted octanol–water partition coefficient (Wildman–Crippen LogP) is 3.75. The van der Waals surface area contributed by atoms with Gasteiger partial charge in [0.05, 0.1) is 5.69 Å². The van der Waals surface area contributed by atoms with Crippen molar-refractivity contribution in [2.45, 2.75) is 6.92 Å². The van der Waals surface area contributed by atoms with Gasteiger partial charge in [-0.05, 0) is 24.6 Å². The van der Waals surface area contributed by atoms with E-state index in [4.69, 9.17) is 0 Å². The van der Waals surface area contributed by atoms with E-state index >= 15 is 0 Å². The summed E-state index contributed by atoms with van der Waals surface area (Å²) in [4.78, 5) is 4.39. The Hall–Kier alpha value is -1.89. The van der Waals surface area contributed by atoms with Gasteiger partial charge in [0, 0.05) is 6.21 Å². The Morgan fingerprint density at radius 2 is 1.73 bits per heavy atom. The van der Waals surface area contributed by atoms with Crippen LogP contribution in [0.5, 0.6) is 0 Å². The SMILES string of the molecule is Cc1cccc(/C=N/c2ccccc2)c1. The van der Waals surface area contributed by atoms with E-state index in [9.17, 15) is 0 Å². The number of benzene rings is 2. The number of hydrogen-bond acceptors (Lipinski definition) is 1. The van der Waals surface area contributed by atoms with Crippen molar-refractivity contribution in [3.8, 4) is 0 Å². The average Bonchev–Trinajstić information content (AvgIpc) is 2.28. The molecule has 0 unspecified atom stereocenters. The monoisotopic (exact) mass is 195 g/mol. The summed E-state index contributed by atoms with van der Waals surface area (Å²) in [5.74, 6) is 0. The molecule has 0 saturated carbocycles. The van der Waals surface area contributed by atoms with Gasteiger partial charge in [0.1, 0.15) is 0 Å². The highest BCUT2D eigenvalue weighted by Gasteiger charge is 1.88. The standard InChI is InChI=1S/C14H13N/c1-12-6-5-7-13(10-12)11-15-14-8-3-2-4-9-14/h2-11H,1H3/b15-11+. The Bertz CT molecular complexity index is 458. The molecule has 15 heavy (non-hydrogen) atoms. The van der Waals surface area contributed by atoms with Crippen molar-refractivity contribution < 1.29 is 0 Å². The summed E-state index contributed by atoms with van der Waals surface area (Å²) in [5.41, 5.74) is 3.38. The van der Waals surface area contributed by atoms with Gasteiger partial charge in [0.15, 0.2) is 0 Å². The molecule has 0 N–H and O–H groups in total. The van der Waals surface area contributed by atoms with E-state index in [2.05, 4.69) is 30.1 Å². The number of para-hydroxylation sites is 1. The molecule has 74 valence electrons. The van der Waals surface area contributed by atoms with E-state index < -0.39 is 0 Å². The molecule has 0 aliphatic carbocycles. The second-order valence-electron chi connectivity index (χ2n) is 3.51. The molecule has 2 aromatic rings. The predicted molar refractivity (Wildman–Crippen MR) is 64.9 cm³/mol. The van der Waals surface area contributed by atoms with Gasteiger partial charge < -0.3 is 0 Å². The van der Waals surface area contributed by atoms with Crippen molar-refractivity contribution in [2.75, 3.05) is 0 Å². The molecule has 0 bridgehead atoms. The lowest BCUT2D eigenvalue weighted by atomic mass is 10.1. The summed E-state index contributed by atoms with van der Waals surface area (Å²) in [7, 11) is 0. The maximum atomic E-state index is 4.39. The van der Waals surface area contributed by atoms with Crippen LogP contribution in [0.4, 0.5) is 5.69 Å². The maximum absolute atomic E-state index is 4.39. The third-order valence-electron chi connectivity index (χ3n) is 2.16. The molecule has 2 rings (SSSR count). The fraction of sp³-hybridized carbons (Fsp3) is 0.0714. The van der Waals surface area contributed by atoms with E-state index in [0.29, 0.717) is 0 Å². The molecular weight excluding hydrogens is 182 g/mol. The zero-order chi connectivity index (χ0) is 10.5. The van der Waals surface area contributed by atoms with Gasteiger partial charge in [0.2, 0.25) is 0 Å². The minimum absolute atomic E-state index is 0.985. The zero-order valence-electron chi connectivity index (χ0n) is 8.72. The van der Waals surface area contributed by atoms with Gasteiger partial charge in [0.25, 0.3) is 0 Å². The summed E-state index contributed by atoms with van der Waals surface area (Å²) in [6, 6.07) is 18.3. The molecule has 0 amide bonds. The average molecular weight is 195 g/mol. The third kappa shape index (κ3) is 2.78. The summed E-state index contributed by atoms with van der Waals surface area (Å²) < 4.78 is 0. The largest absolute Gasteiger partial charge is 0.256 e. The van der Waals surface area contributed by atoms with Crippen molar-refractivity contribution in [1.29, 1.82) is 0 Å². The van der Waals surface area contributed by atoms with Crippen molar-refractivity contribution in [3.05, 3.63) is 65.7 Å². The lowest BCUT2D eigenvalue weighted by molar-refractivity contribution is 1.45. The first-order chi connectivity index (χ1) is 7.34. The molecule has 0 aromatic heterocycles. The lowest BCUT2D eigenvalue weighted by Gasteiger charge is -1.95. The van der Waals surface area contributed by atoms with Gasteiger partial charge in [-0.3, -0.25) is 4.99 Å². The quantitative estimate of drug-likeness (QED) is 0.647. The highest BCUT2D eigenvalue weighted by atomic mass is 14.7. The highest BCUT2D eigenvalue weighted by Crippen LogP contribution is 2.10. The van der Waals surface area contributed by atoms with Crippen molar-refractivity contribution >= 4 is 11.9 Å². The molecule has 1 heteroatoms. The van der Waals surface area contributed by atoms with Crippen LogP contribution in [0.15, 0.2) is 59.6 Å². The van der Waals surface area contributed by atoms with Crippen LogP contribution in [0.3, 0.4) is 0 Å². The molecule has 0 heterocycles. The third-order valence-corrected chi connectivity index (χ3v) is 2.16. The smallest absolute Gasteiger partial charge is 0.0629 e. The van der Waals surface area contributed by atoms with Crippen molar-refractivity contribution in [2.24, 2.45) is 4.99 Å². The first-order valence-electron chi connectivity index (χ1n) is 5.00. The van der Waals surface area contributed by atoms with E-state index in [0.717, 1.165) is 11.3 Å². The van der Waals surface area contributed by atoms with E-state index in [1.165, 1.54) is 5.56 Å². The van der Waals surface area contributed by atoms with Gasteiger partial charge in [-0.25, -0.2) is 0 Å². The van der Waals surface area contributed by atoms with Crippen LogP contribution in [0.2, 0.25) is 0 Å². The number of rotatable bonds is 2. The summed E-state index contributed by atoms with van der Waals surface area (Å²) in [5, 5.41) is 0. The van der Waals surface area contributed by atoms with Gasteiger partial charge in [-0.1, -0.05) is 48.0 Å². The Morgan fingerprint density at radius 3 is 2.47 bits per heavy atom. The fourth-order valence-corrected chi connectivity index (χ4v) is 1.41.